The van der Waals surface area contributed by atoms with Crippen molar-refractivity contribution in [2.75, 3.05) is 13.7 Å². The summed E-state index contributed by atoms with van der Waals surface area (Å²) in [4.78, 5) is 11.6. The number of amides is 1. The Kier molecular flexibility index (Phi) is 4.97. The first-order chi connectivity index (χ1) is 8.04. The first-order valence-corrected chi connectivity index (χ1v) is 5.64. The van der Waals surface area contributed by atoms with Gasteiger partial charge in [0, 0.05) is 6.54 Å². The van der Waals surface area contributed by atoms with Gasteiger partial charge >= 0.3 is 0 Å². The number of nitrogens with one attached hydrogen (secondary N) is 1. The van der Waals surface area contributed by atoms with E-state index in [-0.39, 0.29) is 5.91 Å². The molecule has 4 nitrogen and oxygen atoms in total. The highest BCUT2D eigenvalue weighted by Gasteiger charge is 2.16. The lowest BCUT2D eigenvalue weighted by Crippen LogP contribution is -2.32. The second kappa shape index (κ2) is 6.25. The van der Waals surface area contributed by atoms with Crippen molar-refractivity contribution in [2.24, 2.45) is 5.92 Å². The Morgan fingerprint density at radius 3 is 2.41 bits per heavy atom. The van der Waals surface area contributed by atoms with Gasteiger partial charge in [-0.25, -0.2) is 0 Å². The zero-order chi connectivity index (χ0) is 12.8. The van der Waals surface area contributed by atoms with E-state index in [9.17, 15) is 9.90 Å². The molecule has 0 aliphatic carbocycles. The summed E-state index contributed by atoms with van der Waals surface area (Å²) in [6.45, 7) is 4.56. The molecule has 1 unspecified atom stereocenters. The van der Waals surface area contributed by atoms with Crippen LogP contribution in [0.1, 0.15) is 25.5 Å². The average Bonchev–Trinajstić information content (AvgIpc) is 2.35. The number of ether oxygens (including phenoxy) is 1. The smallest absolute Gasteiger partial charge is 0.253 e. The number of hydrogen-bond acceptors (Lipinski definition) is 3. The van der Waals surface area contributed by atoms with Gasteiger partial charge < -0.3 is 15.2 Å². The van der Waals surface area contributed by atoms with Gasteiger partial charge in [0.15, 0.2) is 6.10 Å². The minimum atomic E-state index is -1.13. The number of rotatable bonds is 5. The fourth-order valence-corrected chi connectivity index (χ4v) is 1.34. The zero-order valence-corrected chi connectivity index (χ0v) is 10.4. The predicted octanol–water partition coefficient (Wildman–Crippen LogP) is 1.50. The summed E-state index contributed by atoms with van der Waals surface area (Å²) in [6, 6.07) is 6.79. The van der Waals surface area contributed by atoms with Gasteiger partial charge in [0.05, 0.1) is 7.11 Å². The van der Waals surface area contributed by atoms with Gasteiger partial charge in [-0.2, -0.15) is 0 Å². The van der Waals surface area contributed by atoms with Crippen molar-refractivity contribution in [1.29, 1.82) is 0 Å². The molecule has 0 heterocycles. The molecule has 1 aromatic rings. The molecule has 0 fully saturated rings. The molecule has 1 rings (SSSR count). The van der Waals surface area contributed by atoms with Crippen molar-refractivity contribution in [3.05, 3.63) is 29.8 Å². The molecule has 0 aliphatic heterocycles. The zero-order valence-electron chi connectivity index (χ0n) is 10.4. The van der Waals surface area contributed by atoms with E-state index in [0.29, 0.717) is 23.8 Å². The first-order valence-electron chi connectivity index (χ1n) is 5.64. The van der Waals surface area contributed by atoms with E-state index >= 15 is 0 Å². The second-order valence-corrected chi connectivity index (χ2v) is 4.31. The Morgan fingerprint density at radius 1 is 1.35 bits per heavy atom. The Balaban J connectivity index is 2.61. The maximum absolute atomic E-state index is 11.6. The SMILES string of the molecule is COc1ccc(C(O)C(=O)NCC(C)C)cc1. The standard InChI is InChI=1S/C13H19NO3/c1-9(2)8-14-13(16)12(15)10-4-6-11(17-3)7-5-10/h4-7,9,12,15H,8H2,1-3H3,(H,14,16). The number of aliphatic hydroxyl groups excluding tert-OH is 1. The van der Waals surface area contributed by atoms with Crippen LogP contribution in [0, 0.1) is 5.92 Å². The lowest BCUT2D eigenvalue weighted by Gasteiger charge is -2.13. The fourth-order valence-electron chi connectivity index (χ4n) is 1.34. The van der Waals surface area contributed by atoms with Gasteiger partial charge in [-0.1, -0.05) is 26.0 Å². The Morgan fingerprint density at radius 2 is 1.94 bits per heavy atom. The third-order valence-corrected chi connectivity index (χ3v) is 2.36. The predicted molar refractivity (Wildman–Crippen MR) is 65.8 cm³/mol. The minimum Gasteiger partial charge on any atom is -0.497 e. The van der Waals surface area contributed by atoms with Crippen LogP contribution in [0.4, 0.5) is 0 Å². The maximum Gasteiger partial charge on any atom is 0.253 e. The van der Waals surface area contributed by atoms with Gasteiger partial charge in [-0.15, -0.1) is 0 Å². The average molecular weight is 237 g/mol. The molecule has 1 amide bonds. The molecule has 0 bridgehead atoms. The highest BCUT2D eigenvalue weighted by molar-refractivity contribution is 5.81. The van der Waals surface area contributed by atoms with Gasteiger partial charge in [-0.3, -0.25) is 4.79 Å². The molecule has 0 radical (unpaired) electrons. The van der Waals surface area contributed by atoms with Crippen molar-refractivity contribution in [2.45, 2.75) is 20.0 Å². The highest BCUT2D eigenvalue weighted by Crippen LogP contribution is 2.17. The topological polar surface area (TPSA) is 58.6 Å². The van der Waals surface area contributed by atoms with E-state index in [4.69, 9.17) is 4.74 Å². The van der Waals surface area contributed by atoms with Crippen LogP contribution < -0.4 is 10.1 Å². The van der Waals surface area contributed by atoms with Gasteiger partial charge in [-0.05, 0) is 23.6 Å². The molecule has 17 heavy (non-hydrogen) atoms. The van der Waals surface area contributed by atoms with E-state index in [1.807, 2.05) is 13.8 Å². The Hall–Kier alpha value is -1.55. The lowest BCUT2D eigenvalue weighted by molar-refractivity contribution is -0.129. The van der Waals surface area contributed by atoms with Crippen molar-refractivity contribution in [1.82, 2.24) is 5.32 Å². The van der Waals surface area contributed by atoms with E-state index in [2.05, 4.69) is 5.32 Å². The second-order valence-electron chi connectivity index (χ2n) is 4.31. The number of aliphatic hydroxyl groups is 1. The van der Waals surface area contributed by atoms with Crippen LogP contribution in [-0.2, 0) is 4.79 Å². The molecule has 94 valence electrons. The third kappa shape index (κ3) is 4.07. The van der Waals surface area contributed by atoms with Crippen molar-refractivity contribution in [3.63, 3.8) is 0 Å². The van der Waals surface area contributed by atoms with Crippen molar-refractivity contribution < 1.29 is 14.6 Å². The summed E-state index contributed by atoms with van der Waals surface area (Å²) in [6.07, 6.45) is -1.13. The molecule has 1 aromatic carbocycles. The van der Waals surface area contributed by atoms with E-state index in [1.165, 1.54) is 0 Å². The molecule has 4 heteroatoms. The van der Waals surface area contributed by atoms with Gasteiger partial charge in [0.2, 0.25) is 0 Å². The summed E-state index contributed by atoms with van der Waals surface area (Å²) in [5.41, 5.74) is 0.562. The number of carbonyl (C=O) groups excluding carboxylic acids is 1. The van der Waals surface area contributed by atoms with Crippen molar-refractivity contribution >= 4 is 5.91 Å². The molecular formula is C13H19NO3. The summed E-state index contributed by atoms with van der Waals surface area (Å²) in [5, 5.41) is 12.5. The monoisotopic (exact) mass is 237 g/mol. The number of benzene rings is 1. The minimum absolute atomic E-state index is 0.363. The first kappa shape index (κ1) is 13.5. The fraction of sp³-hybridized carbons (Fsp3) is 0.462. The largest absolute Gasteiger partial charge is 0.497 e. The van der Waals surface area contributed by atoms with E-state index < -0.39 is 6.10 Å². The molecule has 0 spiro atoms. The third-order valence-electron chi connectivity index (χ3n) is 2.36. The summed E-state index contributed by atoms with van der Waals surface area (Å²) < 4.78 is 5.01. The molecule has 0 saturated heterocycles. The molecular weight excluding hydrogens is 218 g/mol. The highest BCUT2D eigenvalue weighted by atomic mass is 16.5. The van der Waals surface area contributed by atoms with Crippen LogP contribution in [0.15, 0.2) is 24.3 Å². The molecule has 0 aromatic heterocycles. The molecule has 0 saturated carbocycles. The van der Waals surface area contributed by atoms with E-state index in [0.717, 1.165) is 0 Å². The van der Waals surface area contributed by atoms with E-state index in [1.54, 1.807) is 31.4 Å². The van der Waals surface area contributed by atoms with Crippen LogP contribution in [0.3, 0.4) is 0 Å². The van der Waals surface area contributed by atoms with Crippen LogP contribution in [-0.4, -0.2) is 24.7 Å². The summed E-state index contributed by atoms with van der Waals surface area (Å²) in [5.74, 6) is 0.689. The Labute approximate surface area is 102 Å². The van der Waals surface area contributed by atoms with Crippen LogP contribution in [0.25, 0.3) is 0 Å². The van der Waals surface area contributed by atoms with Crippen molar-refractivity contribution in [3.8, 4) is 5.75 Å². The molecule has 2 N–H and O–H groups in total. The Bertz CT molecular complexity index is 359. The number of methoxy groups -OCH3 is 1. The summed E-state index contributed by atoms with van der Waals surface area (Å²) in [7, 11) is 1.57. The number of carbonyl (C=O) groups is 1. The normalized spacial score (nSPS) is 12.3. The maximum atomic E-state index is 11.6. The quantitative estimate of drug-likeness (QED) is 0.816. The van der Waals surface area contributed by atoms with Crippen LogP contribution >= 0.6 is 0 Å². The van der Waals surface area contributed by atoms with Gasteiger partial charge in [0.1, 0.15) is 5.75 Å². The summed E-state index contributed by atoms with van der Waals surface area (Å²) >= 11 is 0. The lowest BCUT2D eigenvalue weighted by atomic mass is 10.1. The van der Waals surface area contributed by atoms with Crippen LogP contribution in [0.5, 0.6) is 5.75 Å². The number of hydrogen-bond donors (Lipinski definition) is 2. The molecule has 0 aliphatic rings. The van der Waals surface area contributed by atoms with Gasteiger partial charge in [0.25, 0.3) is 5.91 Å². The molecule has 1 atom stereocenters. The van der Waals surface area contributed by atoms with Crippen LogP contribution in [0.2, 0.25) is 0 Å².